The first-order chi connectivity index (χ1) is 7.59. The van der Waals surface area contributed by atoms with Gasteiger partial charge in [0.1, 0.15) is 5.75 Å². The summed E-state index contributed by atoms with van der Waals surface area (Å²) in [6, 6.07) is 7.03. The van der Waals surface area contributed by atoms with Crippen molar-refractivity contribution in [1.29, 1.82) is 0 Å². The van der Waals surface area contributed by atoms with E-state index in [9.17, 15) is 4.79 Å². The minimum Gasteiger partial charge on any atom is -0.494 e. The summed E-state index contributed by atoms with van der Waals surface area (Å²) in [6.45, 7) is 3.90. The lowest BCUT2D eigenvalue weighted by Gasteiger charge is -2.05. The summed E-state index contributed by atoms with van der Waals surface area (Å²) in [4.78, 5) is 10.4. The van der Waals surface area contributed by atoms with Crippen LogP contribution in [0.25, 0.3) is 0 Å². The number of hydrogen-bond donors (Lipinski definition) is 1. The number of carboxylic acid groups (broad SMARTS) is 1. The van der Waals surface area contributed by atoms with Gasteiger partial charge in [0.15, 0.2) is 0 Å². The Labute approximate surface area is 99.3 Å². The monoisotopic (exact) mass is 240 g/mol. The Bertz CT molecular complexity index is 370. The van der Waals surface area contributed by atoms with E-state index < -0.39 is 5.97 Å². The average Bonchev–Trinajstić information content (AvgIpc) is 2.26. The van der Waals surface area contributed by atoms with Gasteiger partial charge in [-0.15, -0.1) is 0 Å². The number of carboxylic acids is 1. The van der Waals surface area contributed by atoms with E-state index in [1.807, 2.05) is 0 Å². The van der Waals surface area contributed by atoms with Gasteiger partial charge < -0.3 is 9.84 Å². The molecule has 0 radical (unpaired) electrons. The van der Waals surface area contributed by atoms with Crippen LogP contribution in [0.2, 0.25) is 5.02 Å². The second-order valence-corrected chi connectivity index (χ2v) is 3.75. The molecule has 0 aliphatic carbocycles. The van der Waals surface area contributed by atoms with Crippen LogP contribution in [-0.2, 0) is 4.79 Å². The SMILES string of the molecule is C=C(CCCOc1ccc(Cl)cc1)C(=O)O. The highest BCUT2D eigenvalue weighted by molar-refractivity contribution is 6.30. The van der Waals surface area contributed by atoms with E-state index in [1.54, 1.807) is 24.3 Å². The van der Waals surface area contributed by atoms with Crippen molar-refractivity contribution in [3.63, 3.8) is 0 Å². The van der Waals surface area contributed by atoms with Crippen molar-refractivity contribution in [3.8, 4) is 5.75 Å². The molecule has 0 bridgehead atoms. The number of hydrogen-bond acceptors (Lipinski definition) is 2. The molecule has 86 valence electrons. The molecule has 0 aliphatic heterocycles. The maximum absolute atomic E-state index is 10.4. The first-order valence-electron chi connectivity index (χ1n) is 4.89. The zero-order valence-corrected chi connectivity index (χ0v) is 9.54. The summed E-state index contributed by atoms with van der Waals surface area (Å²) in [5.74, 6) is -0.225. The molecule has 0 saturated carbocycles. The standard InChI is InChI=1S/C12H13ClO3/c1-9(12(14)15)3-2-8-16-11-6-4-10(13)5-7-11/h4-7H,1-3,8H2,(H,14,15). The Hall–Kier alpha value is -1.48. The van der Waals surface area contributed by atoms with Crippen molar-refractivity contribution in [3.05, 3.63) is 41.4 Å². The summed E-state index contributed by atoms with van der Waals surface area (Å²) >= 11 is 5.72. The second-order valence-electron chi connectivity index (χ2n) is 3.31. The minimum absolute atomic E-state index is 0.208. The molecule has 1 rings (SSSR count). The Morgan fingerprint density at radius 1 is 1.38 bits per heavy atom. The summed E-state index contributed by atoms with van der Waals surface area (Å²) < 4.78 is 5.40. The summed E-state index contributed by atoms with van der Waals surface area (Å²) in [5, 5.41) is 9.23. The third-order valence-electron chi connectivity index (χ3n) is 2.01. The van der Waals surface area contributed by atoms with Crippen LogP contribution in [0, 0.1) is 0 Å². The first-order valence-corrected chi connectivity index (χ1v) is 5.27. The van der Waals surface area contributed by atoms with E-state index in [0.29, 0.717) is 24.5 Å². The zero-order chi connectivity index (χ0) is 12.0. The van der Waals surface area contributed by atoms with Crippen LogP contribution in [0.5, 0.6) is 5.75 Å². The molecule has 0 atom stereocenters. The maximum atomic E-state index is 10.4. The van der Waals surface area contributed by atoms with Gasteiger partial charge in [-0.3, -0.25) is 0 Å². The molecule has 4 heteroatoms. The van der Waals surface area contributed by atoms with Crippen LogP contribution in [0.15, 0.2) is 36.4 Å². The number of halogens is 1. The fourth-order valence-corrected chi connectivity index (χ4v) is 1.24. The number of carbonyl (C=O) groups is 1. The van der Waals surface area contributed by atoms with Crippen molar-refractivity contribution in [2.45, 2.75) is 12.8 Å². The molecule has 0 heterocycles. The van der Waals surface area contributed by atoms with Crippen molar-refractivity contribution in [1.82, 2.24) is 0 Å². The van der Waals surface area contributed by atoms with Gasteiger partial charge in [0, 0.05) is 10.6 Å². The highest BCUT2D eigenvalue weighted by atomic mass is 35.5. The molecule has 3 nitrogen and oxygen atoms in total. The lowest BCUT2D eigenvalue weighted by Crippen LogP contribution is -2.02. The van der Waals surface area contributed by atoms with Gasteiger partial charge in [-0.05, 0) is 37.1 Å². The second kappa shape index (κ2) is 6.18. The smallest absolute Gasteiger partial charge is 0.330 e. The Morgan fingerprint density at radius 3 is 2.56 bits per heavy atom. The zero-order valence-electron chi connectivity index (χ0n) is 8.78. The highest BCUT2D eigenvalue weighted by Crippen LogP contribution is 2.16. The van der Waals surface area contributed by atoms with Gasteiger partial charge in [-0.2, -0.15) is 0 Å². The Morgan fingerprint density at radius 2 is 2.00 bits per heavy atom. The van der Waals surface area contributed by atoms with Crippen LogP contribution in [0.3, 0.4) is 0 Å². The fourth-order valence-electron chi connectivity index (χ4n) is 1.11. The van der Waals surface area contributed by atoms with Gasteiger partial charge in [0.05, 0.1) is 6.61 Å². The number of ether oxygens (including phenoxy) is 1. The van der Waals surface area contributed by atoms with Crippen molar-refractivity contribution < 1.29 is 14.6 Å². The summed E-state index contributed by atoms with van der Waals surface area (Å²) in [7, 11) is 0. The van der Waals surface area contributed by atoms with E-state index in [2.05, 4.69) is 6.58 Å². The van der Waals surface area contributed by atoms with E-state index in [4.69, 9.17) is 21.4 Å². The van der Waals surface area contributed by atoms with Gasteiger partial charge in [-0.25, -0.2) is 4.79 Å². The lowest BCUT2D eigenvalue weighted by atomic mass is 10.2. The third-order valence-corrected chi connectivity index (χ3v) is 2.26. The minimum atomic E-state index is -0.952. The summed E-state index contributed by atoms with van der Waals surface area (Å²) in [6.07, 6.45) is 1.07. The molecule has 0 saturated heterocycles. The average molecular weight is 241 g/mol. The molecule has 0 fully saturated rings. The molecule has 0 aromatic heterocycles. The number of benzene rings is 1. The Kier molecular flexibility index (Phi) is 4.86. The summed E-state index contributed by atoms with van der Waals surface area (Å²) in [5.41, 5.74) is 0.208. The largest absolute Gasteiger partial charge is 0.494 e. The predicted molar refractivity (Wildman–Crippen MR) is 63.0 cm³/mol. The van der Waals surface area contributed by atoms with Crippen LogP contribution < -0.4 is 4.74 Å². The molecular weight excluding hydrogens is 228 g/mol. The van der Waals surface area contributed by atoms with Crippen LogP contribution in [0.4, 0.5) is 0 Å². The first kappa shape index (κ1) is 12.6. The Balaban J connectivity index is 2.23. The van der Waals surface area contributed by atoms with Gasteiger partial charge in [0.2, 0.25) is 0 Å². The quantitative estimate of drug-likeness (QED) is 0.614. The highest BCUT2D eigenvalue weighted by Gasteiger charge is 2.03. The topological polar surface area (TPSA) is 46.5 Å². The molecule has 0 amide bonds. The number of rotatable bonds is 6. The van der Waals surface area contributed by atoms with E-state index in [0.717, 1.165) is 5.75 Å². The molecule has 0 spiro atoms. The van der Waals surface area contributed by atoms with Crippen LogP contribution in [-0.4, -0.2) is 17.7 Å². The van der Waals surface area contributed by atoms with E-state index in [-0.39, 0.29) is 5.57 Å². The van der Waals surface area contributed by atoms with Crippen molar-refractivity contribution >= 4 is 17.6 Å². The van der Waals surface area contributed by atoms with E-state index in [1.165, 1.54) is 0 Å². The van der Waals surface area contributed by atoms with Crippen molar-refractivity contribution in [2.75, 3.05) is 6.61 Å². The molecular formula is C12H13ClO3. The van der Waals surface area contributed by atoms with Crippen LogP contribution >= 0.6 is 11.6 Å². The fraction of sp³-hybridized carbons (Fsp3) is 0.250. The van der Waals surface area contributed by atoms with Gasteiger partial charge in [-0.1, -0.05) is 18.2 Å². The molecule has 16 heavy (non-hydrogen) atoms. The van der Waals surface area contributed by atoms with Crippen LogP contribution in [0.1, 0.15) is 12.8 Å². The molecule has 1 N–H and O–H groups in total. The maximum Gasteiger partial charge on any atom is 0.330 e. The third kappa shape index (κ3) is 4.36. The van der Waals surface area contributed by atoms with Gasteiger partial charge in [0.25, 0.3) is 0 Å². The van der Waals surface area contributed by atoms with Crippen molar-refractivity contribution in [2.24, 2.45) is 0 Å². The molecule has 1 aromatic carbocycles. The lowest BCUT2D eigenvalue weighted by molar-refractivity contribution is -0.132. The van der Waals surface area contributed by atoms with E-state index >= 15 is 0 Å². The normalized spacial score (nSPS) is 9.81. The predicted octanol–water partition coefficient (Wildman–Crippen LogP) is 3.14. The molecule has 0 aliphatic rings. The van der Waals surface area contributed by atoms with Gasteiger partial charge >= 0.3 is 5.97 Å². The molecule has 1 aromatic rings. The number of aliphatic carboxylic acids is 1. The molecule has 0 unspecified atom stereocenters.